The van der Waals surface area contributed by atoms with Crippen molar-refractivity contribution < 1.29 is 17.6 Å². The van der Waals surface area contributed by atoms with E-state index in [4.69, 9.17) is 0 Å². The smallest absolute Gasteiger partial charge is 0.262 e. The van der Waals surface area contributed by atoms with Gasteiger partial charge in [-0.25, -0.2) is 4.98 Å². The number of alkyl halides is 3. The summed E-state index contributed by atoms with van der Waals surface area (Å²) in [6.07, 6.45) is -0.478. The topological polar surface area (TPSA) is 30.7 Å². The van der Waals surface area contributed by atoms with E-state index in [0.717, 1.165) is 4.68 Å². The van der Waals surface area contributed by atoms with E-state index in [9.17, 15) is 17.6 Å². The monoisotopic (exact) mass is 345 g/mol. The Labute approximate surface area is 140 Å². The molecule has 0 radical (unpaired) electrons. The van der Waals surface area contributed by atoms with Crippen LogP contribution < -0.4 is 0 Å². The van der Waals surface area contributed by atoms with Gasteiger partial charge in [0.1, 0.15) is 6.54 Å². The molecule has 2 heterocycles. The first-order chi connectivity index (χ1) is 11.9. The summed E-state index contributed by atoms with van der Waals surface area (Å²) >= 11 is 0. The minimum absolute atomic E-state index is 0.351. The second-order valence-electron chi connectivity index (χ2n) is 5.21. The number of hydrogen-bond acceptors (Lipinski definition) is 2. The number of benzene rings is 1. The average Bonchev–Trinajstić information content (AvgIpc) is 2.99. The van der Waals surface area contributed by atoms with Gasteiger partial charge in [0.25, 0.3) is 0 Å². The summed E-state index contributed by atoms with van der Waals surface area (Å²) in [5.41, 5.74) is 1.93. The van der Waals surface area contributed by atoms with Gasteiger partial charge in [-0.05, 0) is 29.8 Å². The Balaban J connectivity index is 1.82. The van der Waals surface area contributed by atoms with Crippen LogP contribution >= 0.6 is 0 Å². The molecule has 0 unspecified atom stereocenters. The molecule has 1 aromatic carbocycles. The van der Waals surface area contributed by atoms with E-state index < -0.39 is 18.7 Å². The molecule has 25 heavy (non-hydrogen) atoms. The van der Waals surface area contributed by atoms with Gasteiger partial charge in [-0.2, -0.15) is 22.7 Å². The van der Waals surface area contributed by atoms with E-state index in [-0.39, 0.29) is 0 Å². The number of hydrogen-bond donors (Lipinski definition) is 0. The molecule has 0 amide bonds. The van der Waals surface area contributed by atoms with E-state index >= 15 is 0 Å². The Morgan fingerprint density at radius 3 is 2.60 bits per heavy atom. The fourth-order valence-electron chi connectivity index (χ4n) is 2.21. The third-order valence-corrected chi connectivity index (χ3v) is 3.26. The Bertz CT molecular complexity index is 948. The summed E-state index contributed by atoms with van der Waals surface area (Å²) in [4.78, 5) is 3.61. The maximum absolute atomic E-state index is 13.7. The fraction of sp³-hybridized carbons (Fsp3) is 0.111. The van der Waals surface area contributed by atoms with Gasteiger partial charge in [0.2, 0.25) is 5.95 Å². The van der Waals surface area contributed by atoms with E-state index in [1.165, 1.54) is 18.6 Å². The first kappa shape index (κ1) is 16.7. The highest BCUT2D eigenvalue weighted by Crippen LogP contribution is 2.22. The normalized spacial score (nSPS) is 11.0. The maximum atomic E-state index is 13.7. The molecule has 0 bridgehead atoms. The largest absolute Gasteiger partial charge is 0.408 e. The molecule has 3 rings (SSSR count). The highest BCUT2D eigenvalue weighted by molar-refractivity contribution is 5.65. The summed E-state index contributed by atoms with van der Waals surface area (Å²) in [6, 6.07) is 10.1. The number of rotatable bonds is 2. The van der Waals surface area contributed by atoms with Crippen LogP contribution in [-0.2, 0) is 6.54 Å². The lowest BCUT2D eigenvalue weighted by atomic mass is 10.0. The minimum atomic E-state index is -4.33. The quantitative estimate of drug-likeness (QED) is 0.399. The van der Waals surface area contributed by atoms with Crippen molar-refractivity contribution in [1.29, 1.82) is 0 Å². The molecule has 0 N–H and O–H groups in total. The Morgan fingerprint density at radius 2 is 1.84 bits per heavy atom. The molecular formula is C18H11F4N3. The fourth-order valence-corrected chi connectivity index (χ4v) is 2.21. The predicted octanol–water partition coefficient (Wildman–Crippen LogP) is 4.05. The van der Waals surface area contributed by atoms with E-state index in [1.54, 1.807) is 36.4 Å². The summed E-state index contributed by atoms with van der Waals surface area (Å²) in [5.74, 6) is 5.01. The lowest BCUT2D eigenvalue weighted by molar-refractivity contribution is -0.142. The third-order valence-electron chi connectivity index (χ3n) is 3.26. The molecule has 0 saturated heterocycles. The van der Waals surface area contributed by atoms with Crippen LogP contribution in [0.4, 0.5) is 17.6 Å². The molecule has 2 aromatic heterocycles. The number of aromatic nitrogens is 3. The van der Waals surface area contributed by atoms with Crippen molar-refractivity contribution in [2.45, 2.75) is 12.7 Å². The van der Waals surface area contributed by atoms with Gasteiger partial charge in [-0.1, -0.05) is 24.0 Å². The average molecular weight is 345 g/mol. The summed E-state index contributed by atoms with van der Waals surface area (Å²) < 4.78 is 51.5. The summed E-state index contributed by atoms with van der Waals surface area (Å²) in [5, 5.41) is 3.63. The van der Waals surface area contributed by atoms with E-state index in [1.807, 2.05) is 0 Å². The van der Waals surface area contributed by atoms with Crippen LogP contribution in [0.15, 0.2) is 55.0 Å². The predicted molar refractivity (Wildman–Crippen MR) is 83.9 cm³/mol. The minimum Gasteiger partial charge on any atom is -0.262 e. The Morgan fingerprint density at radius 1 is 1.04 bits per heavy atom. The molecule has 0 fully saturated rings. The van der Waals surface area contributed by atoms with Gasteiger partial charge in [0, 0.05) is 23.5 Å². The van der Waals surface area contributed by atoms with Crippen molar-refractivity contribution in [2.24, 2.45) is 0 Å². The zero-order valence-electron chi connectivity index (χ0n) is 12.8. The molecule has 0 saturated carbocycles. The zero-order chi connectivity index (χ0) is 17.9. The summed E-state index contributed by atoms with van der Waals surface area (Å²) in [6.45, 7) is -1.16. The molecule has 0 aliphatic carbocycles. The highest BCUT2D eigenvalue weighted by Gasteiger charge is 2.28. The molecule has 0 aliphatic rings. The van der Waals surface area contributed by atoms with Crippen molar-refractivity contribution in [3.63, 3.8) is 0 Å². The zero-order valence-corrected chi connectivity index (χ0v) is 12.8. The van der Waals surface area contributed by atoms with Gasteiger partial charge >= 0.3 is 6.18 Å². The van der Waals surface area contributed by atoms with Crippen molar-refractivity contribution in [3.05, 3.63) is 72.1 Å². The van der Waals surface area contributed by atoms with Crippen LogP contribution in [0.2, 0.25) is 0 Å². The lowest BCUT2D eigenvalue weighted by Crippen LogP contribution is -2.17. The number of nitrogens with zero attached hydrogens (tertiary/aromatic N) is 3. The van der Waals surface area contributed by atoms with Gasteiger partial charge in [-0.3, -0.25) is 4.68 Å². The van der Waals surface area contributed by atoms with Gasteiger partial charge in [0.05, 0.1) is 11.8 Å². The Kier molecular flexibility index (Phi) is 4.52. The molecule has 3 nitrogen and oxygen atoms in total. The molecule has 126 valence electrons. The van der Waals surface area contributed by atoms with Gasteiger partial charge < -0.3 is 0 Å². The van der Waals surface area contributed by atoms with E-state index in [0.29, 0.717) is 22.3 Å². The number of halogens is 4. The Hall–Kier alpha value is -3.14. The van der Waals surface area contributed by atoms with Crippen molar-refractivity contribution in [2.75, 3.05) is 0 Å². The maximum Gasteiger partial charge on any atom is 0.408 e. The molecule has 3 aromatic rings. The van der Waals surface area contributed by atoms with Crippen LogP contribution in [-0.4, -0.2) is 20.9 Å². The van der Waals surface area contributed by atoms with Crippen molar-refractivity contribution in [3.8, 4) is 23.0 Å². The SMILES string of the molecule is Fc1ncccc1-c1cccc(C#Cc2cnn(CC(F)(F)F)c2)c1. The van der Waals surface area contributed by atoms with Gasteiger partial charge in [-0.15, -0.1) is 0 Å². The molecule has 7 heteroatoms. The van der Waals surface area contributed by atoms with E-state index in [2.05, 4.69) is 21.9 Å². The molecule has 0 aliphatic heterocycles. The molecular weight excluding hydrogens is 334 g/mol. The molecule has 0 atom stereocenters. The van der Waals surface area contributed by atoms with Crippen LogP contribution in [0, 0.1) is 17.8 Å². The van der Waals surface area contributed by atoms with Crippen LogP contribution in [0.1, 0.15) is 11.1 Å². The first-order valence-electron chi connectivity index (χ1n) is 7.23. The van der Waals surface area contributed by atoms with Crippen molar-refractivity contribution >= 4 is 0 Å². The lowest BCUT2D eigenvalue weighted by Gasteiger charge is -2.04. The standard InChI is InChI=1S/C18H11F4N3/c19-17-16(5-2-8-23-17)15-4-1-3-13(9-15)6-7-14-10-24-25(11-14)12-18(20,21)22/h1-5,8-11H,12H2. The van der Waals surface area contributed by atoms with Gasteiger partial charge in [0.15, 0.2) is 0 Å². The second kappa shape index (κ2) is 6.77. The second-order valence-corrected chi connectivity index (χ2v) is 5.21. The third kappa shape index (κ3) is 4.44. The highest BCUT2D eigenvalue weighted by atomic mass is 19.4. The number of pyridine rings is 1. The van der Waals surface area contributed by atoms with Crippen molar-refractivity contribution in [1.82, 2.24) is 14.8 Å². The molecule has 0 spiro atoms. The first-order valence-corrected chi connectivity index (χ1v) is 7.23. The van der Waals surface area contributed by atoms with Crippen LogP contribution in [0.3, 0.4) is 0 Å². The summed E-state index contributed by atoms with van der Waals surface area (Å²) in [7, 11) is 0. The van der Waals surface area contributed by atoms with Crippen LogP contribution in [0.5, 0.6) is 0 Å². The van der Waals surface area contributed by atoms with Crippen LogP contribution in [0.25, 0.3) is 11.1 Å².